The lowest BCUT2D eigenvalue weighted by molar-refractivity contribution is -0.327. The Morgan fingerprint density at radius 3 is 2.24 bits per heavy atom. The lowest BCUT2D eigenvalue weighted by atomic mass is 9.80. The average Bonchev–Trinajstić information content (AvgIpc) is 3.42. The van der Waals surface area contributed by atoms with Gasteiger partial charge in [-0.25, -0.2) is 0 Å². The topological polar surface area (TPSA) is 101 Å². The summed E-state index contributed by atoms with van der Waals surface area (Å²) in [7, 11) is 2.04. The second-order valence-corrected chi connectivity index (χ2v) is 13.1. The van der Waals surface area contributed by atoms with Crippen LogP contribution in [0, 0.1) is 5.92 Å². The quantitative estimate of drug-likeness (QED) is 0.189. The molecule has 0 aromatic heterocycles. The van der Waals surface area contributed by atoms with Crippen LogP contribution in [-0.4, -0.2) is 86.2 Å². The van der Waals surface area contributed by atoms with E-state index >= 15 is 0 Å². The van der Waals surface area contributed by atoms with Crippen molar-refractivity contribution in [1.29, 1.82) is 0 Å². The Bertz CT molecular complexity index is 1760. The van der Waals surface area contributed by atoms with Crippen LogP contribution in [0.1, 0.15) is 51.5 Å². The van der Waals surface area contributed by atoms with Gasteiger partial charge < -0.3 is 28.6 Å². The third-order valence-electron chi connectivity index (χ3n) is 9.89. The molecule has 0 N–H and O–H groups in total. The van der Waals surface area contributed by atoms with Crippen molar-refractivity contribution in [1.82, 2.24) is 4.90 Å². The highest BCUT2D eigenvalue weighted by Crippen LogP contribution is 2.43. The number of carbonyl (C=O) groups is 3. The van der Waals surface area contributed by atoms with E-state index in [0.717, 1.165) is 18.5 Å². The monoisotopic (exact) mass is 627 g/mol. The number of carbonyl (C=O) groups excluding carboxylic acids is 3. The maximum absolute atomic E-state index is 14.4. The Labute approximate surface area is 268 Å². The molecule has 3 aliphatic heterocycles. The summed E-state index contributed by atoms with van der Waals surface area (Å²) in [4.78, 5) is 41.2. The highest BCUT2D eigenvalue weighted by atomic mass is 16.7. The van der Waals surface area contributed by atoms with Crippen molar-refractivity contribution < 1.29 is 38.1 Å². The number of likely N-dealkylation sites (N-methyl/N-ethyl adjacent to an activating group) is 1. The molecule has 4 aromatic carbocycles. The highest BCUT2D eigenvalue weighted by molar-refractivity contribution is 6.23. The molecule has 9 heteroatoms. The van der Waals surface area contributed by atoms with Crippen molar-refractivity contribution in [3.63, 3.8) is 0 Å². The lowest BCUT2D eigenvalue weighted by Crippen LogP contribution is -2.65. The first kappa shape index (κ1) is 31.0. The van der Waals surface area contributed by atoms with Gasteiger partial charge in [0.25, 0.3) is 0 Å². The van der Waals surface area contributed by atoms with Gasteiger partial charge in [0.1, 0.15) is 24.1 Å². The number of hydrogen-bond donors (Lipinski definition) is 0. The zero-order chi connectivity index (χ0) is 32.1. The van der Waals surface area contributed by atoms with Gasteiger partial charge in [-0.2, -0.15) is 0 Å². The molecule has 3 saturated heterocycles. The van der Waals surface area contributed by atoms with E-state index in [-0.39, 0.29) is 30.6 Å². The van der Waals surface area contributed by atoms with Crippen molar-refractivity contribution in [2.75, 3.05) is 26.7 Å². The number of rotatable bonds is 8. The second kappa shape index (κ2) is 12.5. The Morgan fingerprint density at radius 1 is 0.848 bits per heavy atom. The van der Waals surface area contributed by atoms with E-state index in [2.05, 4.69) is 59.5 Å². The van der Waals surface area contributed by atoms with E-state index < -0.39 is 48.7 Å². The summed E-state index contributed by atoms with van der Waals surface area (Å²) >= 11 is 0. The minimum Gasteiger partial charge on any atom is -0.456 e. The fourth-order valence-corrected chi connectivity index (χ4v) is 7.99. The molecule has 3 aliphatic rings. The van der Waals surface area contributed by atoms with Crippen LogP contribution in [0.25, 0.3) is 32.3 Å². The Kier molecular flexibility index (Phi) is 8.44. The molecular formula is C37H41NO8. The number of likely N-dealkylation sites (tertiary alicyclic amines) is 1. The predicted octanol–water partition coefficient (Wildman–Crippen LogP) is 5.36. The van der Waals surface area contributed by atoms with E-state index in [1.54, 1.807) is 0 Å². The van der Waals surface area contributed by atoms with E-state index in [9.17, 15) is 14.4 Å². The van der Waals surface area contributed by atoms with Crippen LogP contribution in [0.4, 0.5) is 0 Å². The van der Waals surface area contributed by atoms with Crippen molar-refractivity contribution in [3.8, 4) is 0 Å². The van der Waals surface area contributed by atoms with Crippen LogP contribution in [0.5, 0.6) is 0 Å². The van der Waals surface area contributed by atoms with Crippen molar-refractivity contribution in [2.24, 2.45) is 5.92 Å². The minimum absolute atomic E-state index is 0.00183. The lowest BCUT2D eigenvalue weighted by Gasteiger charge is -2.48. The SMILES string of the molecule is CCCC1OC[C@H]2O[C@@H](CC(=O)[C@H]3CN(C)C[C@@H]3c3ccc4ccc5cccc6ccc3c4c56)[C@H](OC(C)=O)[C@@H](OC(C)=O)[C@@H]2O1. The van der Waals surface area contributed by atoms with Gasteiger partial charge in [-0.15, -0.1) is 0 Å². The number of Topliss-reactive ketones (excluding diaryl/α,β-unsaturated/α-hetero) is 1. The third kappa shape index (κ3) is 5.64. The molecule has 242 valence electrons. The fourth-order valence-electron chi connectivity index (χ4n) is 7.99. The van der Waals surface area contributed by atoms with Gasteiger partial charge in [-0.1, -0.05) is 67.9 Å². The van der Waals surface area contributed by atoms with Crippen LogP contribution < -0.4 is 0 Å². The average molecular weight is 628 g/mol. The van der Waals surface area contributed by atoms with E-state index in [1.165, 1.54) is 46.2 Å². The predicted molar refractivity (Wildman–Crippen MR) is 173 cm³/mol. The maximum Gasteiger partial charge on any atom is 0.303 e. The summed E-state index contributed by atoms with van der Waals surface area (Å²) < 4.78 is 30.0. The second-order valence-electron chi connectivity index (χ2n) is 13.1. The number of hydrogen-bond acceptors (Lipinski definition) is 9. The van der Waals surface area contributed by atoms with Gasteiger partial charge in [0.2, 0.25) is 0 Å². The van der Waals surface area contributed by atoms with Gasteiger partial charge in [-0.05, 0) is 51.3 Å². The maximum atomic E-state index is 14.4. The Hall–Kier alpha value is -3.63. The molecule has 0 saturated carbocycles. The van der Waals surface area contributed by atoms with E-state index in [1.807, 2.05) is 14.0 Å². The summed E-state index contributed by atoms with van der Waals surface area (Å²) in [6.07, 6.45) is -3.01. The first-order chi connectivity index (χ1) is 22.2. The summed E-state index contributed by atoms with van der Waals surface area (Å²) in [5, 5.41) is 7.23. The molecule has 46 heavy (non-hydrogen) atoms. The third-order valence-corrected chi connectivity index (χ3v) is 9.89. The zero-order valence-corrected chi connectivity index (χ0v) is 26.8. The Morgan fingerprint density at radius 2 is 1.52 bits per heavy atom. The first-order valence-electron chi connectivity index (χ1n) is 16.4. The molecule has 7 rings (SSSR count). The van der Waals surface area contributed by atoms with Crippen molar-refractivity contribution in [3.05, 3.63) is 60.2 Å². The molecule has 3 fully saturated rings. The number of nitrogens with zero attached hydrogens (tertiary/aromatic N) is 1. The minimum atomic E-state index is -1.00. The van der Waals surface area contributed by atoms with Crippen LogP contribution in [0.2, 0.25) is 0 Å². The molecule has 3 heterocycles. The zero-order valence-electron chi connectivity index (χ0n) is 26.8. The number of ether oxygens (including phenoxy) is 5. The first-order valence-corrected chi connectivity index (χ1v) is 16.4. The summed E-state index contributed by atoms with van der Waals surface area (Å²) in [6, 6.07) is 19.4. The standard InChI is InChI=1S/C37H41NO8/c1-5-7-32-42-19-31-36(46-32)37(44-21(3)40)35(43-20(2)39)30(45-31)16-29(41)28-18-38(4)17-27(28)25-14-12-24-11-10-22-8-6-9-23-13-15-26(25)34(24)33(22)23/h6,8-15,27-28,30-32,35-37H,5,7,16-19H2,1-4H3/t27-,28+,30+,31-,32?,35+,36-,37-/m1/s1. The number of benzene rings is 4. The molecule has 1 unspecified atom stereocenters. The van der Waals surface area contributed by atoms with Crippen LogP contribution in [-0.2, 0) is 38.1 Å². The van der Waals surface area contributed by atoms with Gasteiger partial charge in [-0.3, -0.25) is 14.4 Å². The largest absolute Gasteiger partial charge is 0.456 e. The highest BCUT2D eigenvalue weighted by Gasteiger charge is 2.54. The normalized spacial score (nSPS) is 30.1. The molecule has 0 amide bonds. The summed E-state index contributed by atoms with van der Waals surface area (Å²) in [5.74, 6) is -1.40. The molecule has 0 bridgehead atoms. The van der Waals surface area contributed by atoms with Crippen LogP contribution in [0.15, 0.2) is 54.6 Å². The molecule has 4 aromatic rings. The molecule has 0 radical (unpaired) electrons. The summed E-state index contributed by atoms with van der Waals surface area (Å²) in [5.41, 5.74) is 1.16. The van der Waals surface area contributed by atoms with Gasteiger partial charge >= 0.3 is 11.9 Å². The Balaban J connectivity index is 1.20. The number of fused-ring (bicyclic) bond motifs is 1. The van der Waals surface area contributed by atoms with Gasteiger partial charge in [0.15, 0.2) is 18.5 Å². The molecular weight excluding hydrogens is 586 g/mol. The smallest absolute Gasteiger partial charge is 0.303 e. The molecule has 8 atom stereocenters. The van der Waals surface area contributed by atoms with Crippen LogP contribution in [0.3, 0.4) is 0 Å². The van der Waals surface area contributed by atoms with Gasteiger partial charge in [0, 0.05) is 45.2 Å². The summed E-state index contributed by atoms with van der Waals surface area (Å²) in [6.45, 7) is 6.20. The molecule has 9 nitrogen and oxygen atoms in total. The van der Waals surface area contributed by atoms with Crippen molar-refractivity contribution in [2.45, 2.75) is 82.8 Å². The van der Waals surface area contributed by atoms with E-state index in [4.69, 9.17) is 23.7 Å². The fraction of sp³-hybridized carbons (Fsp3) is 0.486. The van der Waals surface area contributed by atoms with Crippen LogP contribution >= 0.6 is 0 Å². The van der Waals surface area contributed by atoms with Crippen molar-refractivity contribution >= 4 is 50.0 Å². The number of esters is 2. The molecule has 0 aliphatic carbocycles. The van der Waals surface area contributed by atoms with Gasteiger partial charge in [0.05, 0.1) is 6.61 Å². The number of ketones is 1. The molecule has 0 spiro atoms. The van der Waals surface area contributed by atoms with E-state index in [0.29, 0.717) is 13.0 Å².